The van der Waals surface area contributed by atoms with E-state index in [1.165, 1.54) is 30.5 Å². The minimum Gasteiger partial charge on any atom is -0.446 e. The molecule has 1 aromatic heterocycles. The minimum atomic E-state index is -0.402. The number of benzene rings is 1. The fourth-order valence-corrected chi connectivity index (χ4v) is 2.22. The standard InChI is InChI=1S/C18H22FN3O3/c1-11(2)20-17(23)15-10-25-16(21-15)9-22(12(3)4)18(24)13-5-7-14(19)8-6-13/h5-8,10-12H,9H2,1-4H3,(H,20,23). The van der Waals surface area contributed by atoms with Crippen LogP contribution in [0.3, 0.4) is 0 Å². The molecule has 7 heteroatoms. The molecule has 2 amide bonds. The highest BCUT2D eigenvalue weighted by molar-refractivity contribution is 5.94. The Hall–Kier alpha value is -2.70. The molecule has 0 bridgehead atoms. The van der Waals surface area contributed by atoms with Crippen molar-refractivity contribution in [1.82, 2.24) is 15.2 Å². The average Bonchev–Trinajstić information content (AvgIpc) is 3.00. The van der Waals surface area contributed by atoms with Gasteiger partial charge in [0.2, 0.25) is 5.89 Å². The molecule has 0 saturated carbocycles. The molecule has 2 rings (SSSR count). The van der Waals surface area contributed by atoms with Crippen molar-refractivity contribution >= 4 is 11.8 Å². The number of hydrogen-bond acceptors (Lipinski definition) is 4. The number of carbonyl (C=O) groups excluding carboxylic acids is 2. The van der Waals surface area contributed by atoms with Crippen molar-refractivity contribution in [3.05, 3.63) is 53.5 Å². The van der Waals surface area contributed by atoms with Gasteiger partial charge in [0.05, 0.1) is 6.54 Å². The smallest absolute Gasteiger partial charge is 0.273 e. The summed E-state index contributed by atoms with van der Waals surface area (Å²) in [4.78, 5) is 30.3. The molecule has 2 aromatic rings. The van der Waals surface area contributed by atoms with Crippen LogP contribution in [0.15, 0.2) is 34.9 Å². The minimum absolute atomic E-state index is 0.0140. The molecule has 1 aromatic carbocycles. The first kappa shape index (κ1) is 18.6. The Bertz CT molecular complexity index is 738. The molecule has 1 heterocycles. The van der Waals surface area contributed by atoms with Gasteiger partial charge in [0.1, 0.15) is 12.1 Å². The summed E-state index contributed by atoms with van der Waals surface area (Å²) in [5, 5.41) is 2.72. The first-order valence-corrected chi connectivity index (χ1v) is 8.09. The van der Waals surface area contributed by atoms with E-state index >= 15 is 0 Å². The number of aromatic nitrogens is 1. The van der Waals surface area contributed by atoms with Crippen LogP contribution in [0.4, 0.5) is 4.39 Å². The first-order valence-electron chi connectivity index (χ1n) is 8.09. The van der Waals surface area contributed by atoms with E-state index in [4.69, 9.17) is 4.42 Å². The molecular weight excluding hydrogens is 325 g/mol. The van der Waals surface area contributed by atoms with E-state index < -0.39 is 5.82 Å². The maximum Gasteiger partial charge on any atom is 0.273 e. The van der Waals surface area contributed by atoms with Crippen molar-refractivity contribution in [3.8, 4) is 0 Å². The lowest BCUT2D eigenvalue weighted by Crippen LogP contribution is -2.36. The van der Waals surface area contributed by atoms with Crippen molar-refractivity contribution in [2.75, 3.05) is 0 Å². The lowest BCUT2D eigenvalue weighted by atomic mass is 10.1. The van der Waals surface area contributed by atoms with Gasteiger partial charge in [-0.15, -0.1) is 0 Å². The fourth-order valence-electron chi connectivity index (χ4n) is 2.22. The first-order chi connectivity index (χ1) is 11.8. The molecule has 134 valence electrons. The van der Waals surface area contributed by atoms with E-state index in [2.05, 4.69) is 10.3 Å². The molecule has 6 nitrogen and oxygen atoms in total. The highest BCUT2D eigenvalue weighted by atomic mass is 19.1. The van der Waals surface area contributed by atoms with Crippen molar-refractivity contribution in [1.29, 1.82) is 0 Å². The van der Waals surface area contributed by atoms with Crippen molar-refractivity contribution in [2.24, 2.45) is 0 Å². The van der Waals surface area contributed by atoms with Gasteiger partial charge in [0.25, 0.3) is 11.8 Å². The Morgan fingerprint density at radius 2 is 1.84 bits per heavy atom. The molecule has 0 unspecified atom stereocenters. The number of amides is 2. The van der Waals surface area contributed by atoms with E-state index in [0.717, 1.165) is 0 Å². The monoisotopic (exact) mass is 347 g/mol. The molecule has 0 aliphatic heterocycles. The molecule has 0 aliphatic rings. The van der Waals surface area contributed by atoms with E-state index in [9.17, 15) is 14.0 Å². The molecule has 0 saturated heterocycles. The highest BCUT2D eigenvalue weighted by Gasteiger charge is 2.22. The van der Waals surface area contributed by atoms with Gasteiger partial charge >= 0.3 is 0 Å². The summed E-state index contributed by atoms with van der Waals surface area (Å²) in [5.74, 6) is -0.730. The predicted octanol–water partition coefficient (Wildman–Crippen LogP) is 3.00. The zero-order chi connectivity index (χ0) is 18.6. The van der Waals surface area contributed by atoms with E-state index in [1.54, 1.807) is 4.90 Å². The Labute approximate surface area is 146 Å². The van der Waals surface area contributed by atoms with Gasteiger partial charge < -0.3 is 14.6 Å². The van der Waals surface area contributed by atoms with Crippen LogP contribution < -0.4 is 5.32 Å². The van der Waals surface area contributed by atoms with Crippen LogP contribution in [0.1, 0.15) is 54.4 Å². The Morgan fingerprint density at radius 3 is 2.40 bits per heavy atom. The number of oxazole rings is 1. The molecule has 0 aliphatic carbocycles. The molecule has 0 spiro atoms. The normalized spacial score (nSPS) is 11.0. The van der Waals surface area contributed by atoms with Crippen molar-refractivity contribution in [3.63, 3.8) is 0 Å². The Morgan fingerprint density at radius 1 is 1.20 bits per heavy atom. The summed E-state index contributed by atoms with van der Waals surface area (Å²) in [7, 11) is 0. The molecule has 0 atom stereocenters. The van der Waals surface area contributed by atoms with Crippen LogP contribution in [0.2, 0.25) is 0 Å². The van der Waals surface area contributed by atoms with Crippen molar-refractivity contribution < 1.29 is 18.4 Å². The topological polar surface area (TPSA) is 75.4 Å². The number of rotatable bonds is 6. The van der Waals surface area contributed by atoms with Crippen LogP contribution in [-0.4, -0.2) is 33.8 Å². The van der Waals surface area contributed by atoms with Crippen LogP contribution in [0.5, 0.6) is 0 Å². The summed E-state index contributed by atoms with van der Waals surface area (Å²) in [6.45, 7) is 7.53. The number of carbonyl (C=O) groups is 2. The second-order valence-electron chi connectivity index (χ2n) is 6.29. The molecular formula is C18H22FN3O3. The quantitative estimate of drug-likeness (QED) is 0.871. The van der Waals surface area contributed by atoms with Gasteiger partial charge in [0, 0.05) is 17.6 Å². The van der Waals surface area contributed by atoms with Gasteiger partial charge in [-0.25, -0.2) is 9.37 Å². The van der Waals surface area contributed by atoms with Crippen LogP contribution in [-0.2, 0) is 6.54 Å². The maximum absolute atomic E-state index is 13.0. The Kier molecular flexibility index (Phi) is 5.90. The summed E-state index contributed by atoms with van der Waals surface area (Å²) >= 11 is 0. The summed E-state index contributed by atoms with van der Waals surface area (Å²) < 4.78 is 18.4. The van der Waals surface area contributed by atoms with E-state index in [0.29, 0.717) is 5.56 Å². The van der Waals surface area contributed by atoms with Gasteiger partial charge in [0.15, 0.2) is 5.69 Å². The predicted molar refractivity (Wildman–Crippen MR) is 90.5 cm³/mol. The SMILES string of the molecule is CC(C)NC(=O)c1coc(CN(C(=O)c2ccc(F)cc2)C(C)C)n1. The van der Waals surface area contributed by atoms with E-state index in [1.807, 2.05) is 27.7 Å². The highest BCUT2D eigenvalue weighted by Crippen LogP contribution is 2.14. The van der Waals surface area contributed by atoms with Gasteiger partial charge in [-0.2, -0.15) is 0 Å². The molecule has 1 N–H and O–H groups in total. The average molecular weight is 347 g/mol. The fraction of sp³-hybridized carbons (Fsp3) is 0.389. The van der Waals surface area contributed by atoms with Crippen LogP contribution in [0.25, 0.3) is 0 Å². The third-order valence-corrected chi connectivity index (χ3v) is 3.49. The third-order valence-electron chi connectivity index (χ3n) is 3.49. The van der Waals surface area contributed by atoms with Crippen LogP contribution >= 0.6 is 0 Å². The third kappa shape index (κ3) is 4.89. The number of halogens is 1. The molecule has 25 heavy (non-hydrogen) atoms. The Balaban J connectivity index is 2.14. The second-order valence-corrected chi connectivity index (χ2v) is 6.29. The maximum atomic E-state index is 13.0. The summed E-state index contributed by atoms with van der Waals surface area (Å²) in [6, 6.07) is 5.21. The lowest BCUT2D eigenvalue weighted by Gasteiger charge is -2.25. The zero-order valence-corrected chi connectivity index (χ0v) is 14.7. The molecule has 0 fully saturated rings. The van der Waals surface area contributed by atoms with Crippen molar-refractivity contribution in [2.45, 2.75) is 46.3 Å². The summed E-state index contributed by atoms with van der Waals surface area (Å²) in [5.41, 5.74) is 0.543. The van der Waals surface area contributed by atoms with E-state index in [-0.39, 0.29) is 42.0 Å². The lowest BCUT2D eigenvalue weighted by molar-refractivity contribution is 0.0672. The largest absolute Gasteiger partial charge is 0.446 e. The number of nitrogens with one attached hydrogen (secondary N) is 1. The molecule has 0 radical (unpaired) electrons. The van der Waals surface area contributed by atoms with Gasteiger partial charge in [-0.05, 0) is 52.0 Å². The zero-order valence-electron chi connectivity index (χ0n) is 14.7. The number of nitrogens with zero attached hydrogens (tertiary/aromatic N) is 2. The van der Waals surface area contributed by atoms with Crippen LogP contribution in [0, 0.1) is 5.82 Å². The van der Waals surface area contributed by atoms with Gasteiger partial charge in [-0.1, -0.05) is 0 Å². The number of hydrogen-bond donors (Lipinski definition) is 1. The van der Waals surface area contributed by atoms with Gasteiger partial charge in [-0.3, -0.25) is 9.59 Å². The second kappa shape index (κ2) is 7.92. The summed E-state index contributed by atoms with van der Waals surface area (Å²) in [6.07, 6.45) is 1.27.